The standard InChI is InChI=1S/C24H21N3SSi/c1-29(2,3)15-12-19-10-11-24(28-19)18-16-22(20-8-4-6-13-25-20)27-23(17-18)21-9-5-7-14-26-21/h4-11,13-14,16-17H,1-3H3. The van der Waals surface area contributed by atoms with Gasteiger partial charge in [0.2, 0.25) is 0 Å². The van der Waals surface area contributed by atoms with E-state index in [1.165, 1.54) is 4.88 Å². The molecule has 0 aromatic carbocycles. The predicted molar refractivity (Wildman–Crippen MR) is 124 cm³/mol. The summed E-state index contributed by atoms with van der Waals surface area (Å²) in [7, 11) is -1.40. The molecule has 4 aromatic heterocycles. The van der Waals surface area contributed by atoms with Gasteiger partial charge in [-0.05, 0) is 54.1 Å². The number of pyridine rings is 3. The van der Waals surface area contributed by atoms with E-state index in [0.717, 1.165) is 33.2 Å². The SMILES string of the molecule is C[Si](C)(C)C#Cc1ccc(-c2cc(-c3ccccn3)nc(-c3ccccn3)c2)s1. The van der Waals surface area contributed by atoms with Crippen LogP contribution >= 0.6 is 11.3 Å². The second kappa shape index (κ2) is 8.12. The van der Waals surface area contributed by atoms with Crippen molar-refractivity contribution in [1.29, 1.82) is 0 Å². The van der Waals surface area contributed by atoms with E-state index in [4.69, 9.17) is 4.98 Å². The molecule has 0 fully saturated rings. The Bertz CT molecular complexity index is 1130. The minimum atomic E-state index is -1.40. The van der Waals surface area contributed by atoms with Crippen molar-refractivity contribution in [1.82, 2.24) is 15.0 Å². The van der Waals surface area contributed by atoms with Gasteiger partial charge in [0.15, 0.2) is 0 Å². The summed E-state index contributed by atoms with van der Waals surface area (Å²) in [5.74, 6) is 3.36. The van der Waals surface area contributed by atoms with Crippen LogP contribution in [0.4, 0.5) is 0 Å². The molecule has 0 N–H and O–H groups in total. The third-order valence-corrected chi connectivity index (χ3v) is 6.06. The first-order valence-corrected chi connectivity index (χ1v) is 13.8. The summed E-state index contributed by atoms with van der Waals surface area (Å²) in [4.78, 5) is 16.1. The zero-order chi connectivity index (χ0) is 20.3. The molecule has 0 saturated heterocycles. The summed E-state index contributed by atoms with van der Waals surface area (Å²) < 4.78 is 0. The molecular formula is C24H21N3SSi. The van der Waals surface area contributed by atoms with Gasteiger partial charge in [0.25, 0.3) is 0 Å². The van der Waals surface area contributed by atoms with Gasteiger partial charge < -0.3 is 0 Å². The number of nitrogens with zero attached hydrogens (tertiary/aromatic N) is 3. The van der Waals surface area contributed by atoms with Crippen molar-refractivity contribution in [3.8, 4) is 44.7 Å². The first kappa shape index (κ1) is 19.3. The van der Waals surface area contributed by atoms with E-state index in [-0.39, 0.29) is 0 Å². The van der Waals surface area contributed by atoms with Crippen molar-refractivity contribution in [2.45, 2.75) is 19.6 Å². The fraction of sp³-hybridized carbons (Fsp3) is 0.125. The highest BCUT2D eigenvalue weighted by Gasteiger charge is 2.12. The van der Waals surface area contributed by atoms with Crippen molar-refractivity contribution in [3.63, 3.8) is 0 Å². The van der Waals surface area contributed by atoms with Gasteiger partial charge in [-0.15, -0.1) is 16.9 Å². The van der Waals surface area contributed by atoms with Crippen LogP contribution in [-0.2, 0) is 0 Å². The van der Waals surface area contributed by atoms with Crippen LogP contribution in [0, 0.1) is 11.5 Å². The van der Waals surface area contributed by atoms with Crippen LogP contribution in [0.3, 0.4) is 0 Å². The summed E-state index contributed by atoms with van der Waals surface area (Å²) in [6.45, 7) is 6.78. The van der Waals surface area contributed by atoms with Gasteiger partial charge in [-0.2, -0.15) is 0 Å². The van der Waals surface area contributed by atoms with Gasteiger partial charge in [-0.3, -0.25) is 9.97 Å². The molecule has 5 heteroatoms. The van der Waals surface area contributed by atoms with E-state index >= 15 is 0 Å². The molecule has 0 radical (unpaired) electrons. The van der Waals surface area contributed by atoms with E-state index in [9.17, 15) is 0 Å². The Morgan fingerprint density at radius 3 is 1.90 bits per heavy atom. The first-order chi connectivity index (χ1) is 14.0. The van der Waals surface area contributed by atoms with Crippen molar-refractivity contribution in [2.24, 2.45) is 0 Å². The number of rotatable bonds is 3. The monoisotopic (exact) mass is 411 g/mol. The number of aromatic nitrogens is 3. The second-order valence-electron chi connectivity index (χ2n) is 7.72. The third-order valence-electron chi connectivity index (χ3n) is 4.13. The van der Waals surface area contributed by atoms with E-state index in [1.54, 1.807) is 23.7 Å². The molecule has 0 atom stereocenters. The Morgan fingerprint density at radius 1 is 0.759 bits per heavy atom. The van der Waals surface area contributed by atoms with Gasteiger partial charge in [0, 0.05) is 17.3 Å². The molecule has 0 bridgehead atoms. The zero-order valence-electron chi connectivity index (χ0n) is 16.7. The zero-order valence-corrected chi connectivity index (χ0v) is 18.5. The molecule has 0 unspecified atom stereocenters. The Balaban J connectivity index is 1.81. The minimum Gasteiger partial charge on any atom is -0.255 e. The van der Waals surface area contributed by atoms with E-state index < -0.39 is 8.07 Å². The van der Waals surface area contributed by atoms with Crippen molar-refractivity contribution >= 4 is 19.4 Å². The Morgan fingerprint density at radius 2 is 1.38 bits per heavy atom. The van der Waals surface area contributed by atoms with Gasteiger partial charge in [0.1, 0.15) is 8.07 Å². The molecule has 29 heavy (non-hydrogen) atoms. The van der Waals surface area contributed by atoms with E-state index in [2.05, 4.69) is 65.3 Å². The topological polar surface area (TPSA) is 38.7 Å². The normalized spacial score (nSPS) is 11.0. The molecule has 142 valence electrons. The fourth-order valence-electron chi connectivity index (χ4n) is 2.77. The average Bonchev–Trinajstić information content (AvgIpc) is 3.22. The lowest BCUT2D eigenvalue weighted by molar-refractivity contribution is 1.22. The second-order valence-corrected chi connectivity index (χ2v) is 13.6. The van der Waals surface area contributed by atoms with Gasteiger partial charge in [-0.25, -0.2) is 4.98 Å². The summed E-state index contributed by atoms with van der Waals surface area (Å²) >= 11 is 1.71. The Kier molecular flexibility index (Phi) is 5.39. The van der Waals surface area contributed by atoms with E-state index in [0.29, 0.717) is 0 Å². The number of hydrogen-bond acceptors (Lipinski definition) is 4. The third kappa shape index (κ3) is 4.86. The van der Waals surface area contributed by atoms with Crippen LogP contribution in [0.2, 0.25) is 19.6 Å². The maximum absolute atomic E-state index is 4.83. The molecule has 0 saturated carbocycles. The Hall–Kier alpha value is -3.07. The average molecular weight is 412 g/mol. The first-order valence-electron chi connectivity index (χ1n) is 9.46. The van der Waals surface area contributed by atoms with Crippen molar-refractivity contribution in [3.05, 3.63) is 77.9 Å². The Labute approximate surface area is 176 Å². The van der Waals surface area contributed by atoms with Crippen LogP contribution in [0.25, 0.3) is 33.2 Å². The molecule has 0 spiro atoms. The van der Waals surface area contributed by atoms with E-state index in [1.807, 2.05) is 36.4 Å². The molecule has 4 aromatic rings. The lowest BCUT2D eigenvalue weighted by Crippen LogP contribution is -2.16. The quantitative estimate of drug-likeness (QED) is 0.299. The molecule has 3 nitrogen and oxygen atoms in total. The highest BCUT2D eigenvalue weighted by Crippen LogP contribution is 2.32. The van der Waals surface area contributed by atoms with Crippen LogP contribution in [-0.4, -0.2) is 23.0 Å². The number of thiophene rings is 1. The lowest BCUT2D eigenvalue weighted by Gasteiger charge is -2.08. The fourth-order valence-corrected chi connectivity index (χ4v) is 4.22. The molecule has 4 rings (SSSR count). The summed E-state index contributed by atoms with van der Waals surface area (Å²) in [6.07, 6.45) is 3.58. The summed E-state index contributed by atoms with van der Waals surface area (Å²) in [5, 5.41) is 0. The van der Waals surface area contributed by atoms with Crippen molar-refractivity contribution in [2.75, 3.05) is 0 Å². The molecule has 0 aliphatic carbocycles. The predicted octanol–water partition coefficient (Wildman–Crippen LogP) is 6.16. The molecular weight excluding hydrogens is 390 g/mol. The highest BCUT2D eigenvalue weighted by molar-refractivity contribution is 7.16. The molecule has 0 aliphatic heterocycles. The minimum absolute atomic E-state index is 0.840. The molecule has 0 aliphatic rings. The largest absolute Gasteiger partial charge is 0.255 e. The van der Waals surface area contributed by atoms with Crippen LogP contribution in [0.1, 0.15) is 4.88 Å². The number of hydrogen-bond donors (Lipinski definition) is 0. The van der Waals surface area contributed by atoms with Gasteiger partial charge >= 0.3 is 0 Å². The maximum Gasteiger partial charge on any atom is 0.129 e. The summed E-state index contributed by atoms with van der Waals surface area (Å²) in [6, 6.07) is 20.2. The summed E-state index contributed by atoms with van der Waals surface area (Å²) in [5.41, 5.74) is 7.93. The highest BCUT2D eigenvalue weighted by atomic mass is 32.1. The van der Waals surface area contributed by atoms with Gasteiger partial charge in [0.05, 0.1) is 27.7 Å². The van der Waals surface area contributed by atoms with Crippen LogP contribution in [0.5, 0.6) is 0 Å². The smallest absolute Gasteiger partial charge is 0.129 e. The van der Waals surface area contributed by atoms with Crippen molar-refractivity contribution < 1.29 is 0 Å². The lowest BCUT2D eigenvalue weighted by atomic mass is 10.1. The van der Waals surface area contributed by atoms with Crippen LogP contribution < -0.4 is 0 Å². The van der Waals surface area contributed by atoms with Gasteiger partial charge in [-0.1, -0.05) is 37.7 Å². The maximum atomic E-state index is 4.83. The molecule has 4 heterocycles. The molecule has 0 amide bonds. The van der Waals surface area contributed by atoms with Crippen LogP contribution in [0.15, 0.2) is 73.1 Å².